The molecule has 0 heterocycles. The van der Waals surface area contributed by atoms with Crippen LogP contribution in [0.4, 0.5) is 5.69 Å². The highest BCUT2D eigenvalue weighted by Crippen LogP contribution is 2.16. The van der Waals surface area contributed by atoms with Crippen molar-refractivity contribution in [2.75, 3.05) is 11.9 Å². The minimum atomic E-state index is -3.94. The van der Waals surface area contributed by atoms with Crippen LogP contribution in [0.2, 0.25) is 0 Å². The molecule has 2 aromatic carbocycles. The van der Waals surface area contributed by atoms with Crippen molar-refractivity contribution in [3.05, 3.63) is 54.1 Å². The Morgan fingerprint density at radius 2 is 1.63 bits per heavy atom. The average molecular weight is 392 g/mol. The number of sulfonamides is 1. The molecule has 0 spiro atoms. The molecule has 0 aliphatic rings. The smallest absolute Gasteiger partial charge is 0.337 e. The molecule has 8 nitrogen and oxygen atoms in total. The maximum atomic E-state index is 12.2. The highest BCUT2D eigenvalue weighted by molar-refractivity contribution is 7.89. The number of hydrogen-bond acceptors (Lipinski definition) is 5. The molecule has 144 valence electrons. The lowest BCUT2D eigenvalue weighted by Crippen LogP contribution is -2.26. The minimum Gasteiger partial charge on any atom is -0.508 e. The summed E-state index contributed by atoms with van der Waals surface area (Å²) in [6.45, 7) is 0.0861. The van der Waals surface area contributed by atoms with E-state index >= 15 is 0 Å². The molecule has 0 aliphatic carbocycles. The van der Waals surface area contributed by atoms with Gasteiger partial charge < -0.3 is 15.5 Å². The third-order valence-corrected chi connectivity index (χ3v) is 5.20. The molecule has 2 rings (SSSR count). The summed E-state index contributed by atoms with van der Waals surface area (Å²) in [4.78, 5) is 22.7. The molecule has 0 aromatic heterocycles. The first-order valence-corrected chi connectivity index (χ1v) is 9.69. The number of hydrogen-bond donors (Lipinski definition) is 4. The van der Waals surface area contributed by atoms with Crippen LogP contribution >= 0.6 is 0 Å². The van der Waals surface area contributed by atoms with Gasteiger partial charge in [0.25, 0.3) is 0 Å². The van der Waals surface area contributed by atoms with Crippen LogP contribution in [0.15, 0.2) is 53.4 Å². The van der Waals surface area contributed by atoms with E-state index in [-0.39, 0.29) is 35.1 Å². The van der Waals surface area contributed by atoms with E-state index in [4.69, 9.17) is 5.11 Å². The molecule has 0 bridgehead atoms. The van der Waals surface area contributed by atoms with Gasteiger partial charge in [0.1, 0.15) is 5.75 Å². The molecule has 4 N–H and O–H groups in total. The predicted molar refractivity (Wildman–Crippen MR) is 99.2 cm³/mol. The van der Waals surface area contributed by atoms with Gasteiger partial charge in [-0.05, 0) is 49.2 Å². The van der Waals surface area contributed by atoms with Crippen LogP contribution in [-0.4, -0.2) is 37.1 Å². The van der Waals surface area contributed by atoms with Crippen molar-refractivity contribution >= 4 is 27.6 Å². The largest absolute Gasteiger partial charge is 0.508 e. The Labute approximate surface area is 156 Å². The van der Waals surface area contributed by atoms with E-state index in [1.54, 1.807) is 12.1 Å². The van der Waals surface area contributed by atoms with E-state index in [0.29, 0.717) is 18.5 Å². The zero-order chi connectivity index (χ0) is 19.9. The Hall–Kier alpha value is -2.91. The van der Waals surface area contributed by atoms with E-state index < -0.39 is 16.0 Å². The molecule has 0 aliphatic heterocycles. The monoisotopic (exact) mass is 392 g/mol. The Morgan fingerprint density at radius 3 is 2.30 bits per heavy atom. The number of anilines is 1. The number of unbranched alkanes of at least 4 members (excludes halogenated alkanes) is 1. The van der Waals surface area contributed by atoms with Crippen LogP contribution < -0.4 is 10.0 Å². The number of nitrogens with one attached hydrogen (secondary N) is 2. The van der Waals surface area contributed by atoms with Gasteiger partial charge in [-0.2, -0.15) is 0 Å². The summed E-state index contributed by atoms with van der Waals surface area (Å²) in [5, 5.41) is 20.9. The zero-order valence-electron chi connectivity index (χ0n) is 14.4. The standard InChI is InChI=1S/C18H20N2O6S/c21-14-10-8-13(9-11-14)20-17(22)7-3-4-12-19-27(25,26)16-6-2-1-5-15(16)18(23)24/h1-2,5-6,8-11,19,21H,3-4,7,12H2,(H,20,22)(H,23,24). The molecule has 0 unspecified atom stereocenters. The maximum Gasteiger partial charge on any atom is 0.337 e. The molecular formula is C18H20N2O6S. The minimum absolute atomic E-state index is 0.0861. The molecule has 2 aromatic rings. The lowest BCUT2D eigenvalue weighted by atomic mass is 10.2. The molecule has 0 fully saturated rings. The van der Waals surface area contributed by atoms with Gasteiger partial charge in [-0.3, -0.25) is 4.79 Å². The number of carboxylic acids is 1. The van der Waals surface area contributed by atoms with Crippen LogP contribution in [0, 0.1) is 0 Å². The molecule has 9 heteroatoms. The second-order valence-electron chi connectivity index (χ2n) is 5.75. The fraction of sp³-hybridized carbons (Fsp3) is 0.222. The van der Waals surface area contributed by atoms with Gasteiger partial charge in [-0.25, -0.2) is 17.9 Å². The number of carboxylic acid groups (broad SMARTS) is 1. The van der Waals surface area contributed by atoms with Crippen LogP contribution in [0.5, 0.6) is 5.75 Å². The summed E-state index contributed by atoms with van der Waals surface area (Å²) in [6.07, 6.45) is 1.07. The summed E-state index contributed by atoms with van der Waals surface area (Å²) in [7, 11) is -3.94. The normalized spacial score (nSPS) is 11.1. The second kappa shape index (κ2) is 9.15. The van der Waals surface area contributed by atoms with E-state index in [1.165, 1.54) is 36.4 Å². The number of phenolic OH excluding ortho intramolecular Hbond substituents is 1. The van der Waals surface area contributed by atoms with E-state index in [1.807, 2.05) is 0 Å². The average Bonchev–Trinajstić information content (AvgIpc) is 2.63. The molecule has 0 saturated carbocycles. The number of aromatic hydroxyl groups is 1. The van der Waals surface area contributed by atoms with Crippen molar-refractivity contribution in [1.29, 1.82) is 0 Å². The number of aromatic carboxylic acids is 1. The third-order valence-electron chi connectivity index (χ3n) is 3.68. The van der Waals surface area contributed by atoms with Gasteiger partial charge in [0.2, 0.25) is 15.9 Å². The van der Waals surface area contributed by atoms with E-state index in [2.05, 4.69) is 10.0 Å². The van der Waals surface area contributed by atoms with Crippen molar-refractivity contribution in [3.63, 3.8) is 0 Å². The first-order chi connectivity index (χ1) is 12.8. The third kappa shape index (κ3) is 6.08. The van der Waals surface area contributed by atoms with Gasteiger partial charge in [-0.1, -0.05) is 12.1 Å². The summed E-state index contributed by atoms with van der Waals surface area (Å²) >= 11 is 0. The maximum absolute atomic E-state index is 12.2. The van der Waals surface area contributed by atoms with Gasteiger partial charge in [-0.15, -0.1) is 0 Å². The van der Waals surface area contributed by atoms with Crippen molar-refractivity contribution in [2.24, 2.45) is 0 Å². The molecule has 0 radical (unpaired) electrons. The van der Waals surface area contributed by atoms with Crippen molar-refractivity contribution in [1.82, 2.24) is 4.72 Å². The first-order valence-electron chi connectivity index (χ1n) is 8.20. The quantitative estimate of drug-likeness (QED) is 0.382. The summed E-state index contributed by atoms with van der Waals surface area (Å²) in [5.41, 5.74) is 0.266. The Balaban J connectivity index is 1.78. The number of benzene rings is 2. The highest BCUT2D eigenvalue weighted by atomic mass is 32.2. The lowest BCUT2D eigenvalue weighted by Gasteiger charge is -2.09. The fourth-order valence-corrected chi connectivity index (χ4v) is 3.61. The zero-order valence-corrected chi connectivity index (χ0v) is 15.2. The molecule has 1 amide bonds. The number of amides is 1. The van der Waals surface area contributed by atoms with Crippen LogP contribution in [0.3, 0.4) is 0 Å². The molecular weight excluding hydrogens is 372 g/mol. The number of carbonyl (C=O) groups excluding carboxylic acids is 1. The van der Waals surface area contributed by atoms with E-state index in [0.717, 1.165) is 0 Å². The molecule has 27 heavy (non-hydrogen) atoms. The van der Waals surface area contributed by atoms with Crippen molar-refractivity contribution in [2.45, 2.75) is 24.2 Å². The van der Waals surface area contributed by atoms with Crippen LogP contribution in [0.1, 0.15) is 29.6 Å². The fourth-order valence-electron chi connectivity index (χ4n) is 2.34. The number of rotatable bonds is 9. The Kier molecular flexibility index (Phi) is 6.91. The van der Waals surface area contributed by atoms with Crippen molar-refractivity contribution < 1.29 is 28.2 Å². The first kappa shape index (κ1) is 20.4. The lowest BCUT2D eigenvalue weighted by molar-refractivity contribution is -0.116. The summed E-state index contributed by atoms with van der Waals surface area (Å²) in [5.74, 6) is -1.44. The Morgan fingerprint density at radius 1 is 0.963 bits per heavy atom. The number of phenols is 1. The van der Waals surface area contributed by atoms with Crippen LogP contribution in [-0.2, 0) is 14.8 Å². The van der Waals surface area contributed by atoms with Crippen LogP contribution in [0.25, 0.3) is 0 Å². The SMILES string of the molecule is O=C(CCCCNS(=O)(=O)c1ccccc1C(=O)O)Nc1ccc(O)cc1. The van der Waals surface area contributed by atoms with Crippen molar-refractivity contribution in [3.8, 4) is 5.75 Å². The number of carbonyl (C=O) groups is 2. The topological polar surface area (TPSA) is 133 Å². The Bertz CT molecular complexity index is 910. The molecule has 0 saturated heterocycles. The van der Waals surface area contributed by atoms with E-state index in [9.17, 15) is 23.1 Å². The second-order valence-corrected chi connectivity index (χ2v) is 7.49. The van der Waals surface area contributed by atoms with Gasteiger partial charge in [0.05, 0.1) is 10.5 Å². The summed E-state index contributed by atoms with van der Waals surface area (Å²) in [6, 6.07) is 11.4. The van der Waals surface area contributed by atoms with Gasteiger partial charge in [0, 0.05) is 18.7 Å². The van der Waals surface area contributed by atoms with Gasteiger partial charge >= 0.3 is 5.97 Å². The highest BCUT2D eigenvalue weighted by Gasteiger charge is 2.21. The predicted octanol–water partition coefficient (Wildman–Crippen LogP) is 2.18. The molecule has 0 atom stereocenters. The summed E-state index contributed by atoms with van der Waals surface area (Å²) < 4.78 is 26.8. The van der Waals surface area contributed by atoms with Gasteiger partial charge in [0.15, 0.2) is 0 Å².